The molecule has 2 heterocycles. The molecule has 3 rings (SSSR count). The SMILES string of the molecule is CCc1nc(C(N)c2cc(Cl)c3c(c2)OCCCO3)no1. The van der Waals surface area contributed by atoms with Crippen molar-refractivity contribution in [3.63, 3.8) is 0 Å². The van der Waals surface area contributed by atoms with Crippen LogP contribution in [0.4, 0.5) is 0 Å². The molecule has 2 aromatic rings. The van der Waals surface area contributed by atoms with Crippen molar-refractivity contribution >= 4 is 11.6 Å². The maximum Gasteiger partial charge on any atom is 0.226 e. The summed E-state index contributed by atoms with van der Waals surface area (Å²) in [5, 5.41) is 4.37. The van der Waals surface area contributed by atoms with Gasteiger partial charge in [0.15, 0.2) is 17.3 Å². The predicted molar refractivity (Wildman–Crippen MR) is 76.8 cm³/mol. The van der Waals surface area contributed by atoms with Gasteiger partial charge >= 0.3 is 0 Å². The van der Waals surface area contributed by atoms with E-state index in [1.54, 1.807) is 6.07 Å². The Labute approximate surface area is 127 Å². The van der Waals surface area contributed by atoms with Gasteiger partial charge in [0.05, 0.1) is 24.3 Å². The first-order valence-corrected chi connectivity index (χ1v) is 7.24. The van der Waals surface area contributed by atoms with Crippen molar-refractivity contribution in [2.45, 2.75) is 25.8 Å². The average molecular weight is 310 g/mol. The molecule has 0 radical (unpaired) electrons. The van der Waals surface area contributed by atoms with E-state index in [0.29, 0.717) is 47.9 Å². The van der Waals surface area contributed by atoms with E-state index in [2.05, 4.69) is 10.1 Å². The van der Waals surface area contributed by atoms with Gasteiger partial charge in [-0.1, -0.05) is 23.7 Å². The van der Waals surface area contributed by atoms with E-state index in [0.717, 1.165) is 12.0 Å². The molecule has 0 amide bonds. The maximum atomic E-state index is 6.26. The second kappa shape index (κ2) is 5.91. The number of aryl methyl sites for hydroxylation is 1. The number of fused-ring (bicyclic) bond motifs is 1. The monoisotopic (exact) mass is 309 g/mol. The maximum absolute atomic E-state index is 6.26. The van der Waals surface area contributed by atoms with E-state index in [1.807, 2.05) is 13.0 Å². The van der Waals surface area contributed by atoms with Gasteiger partial charge in [0, 0.05) is 12.8 Å². The molecule has 1 aromatic carbocycles. The topological polar surface area (TPSA) is 83.4 Å². The lowest BCUT2D eigenvalue weighted by molar-refractivity contribution is 0.297. The van der Waals surface area contributed by atoms with Gasteiger partial charge in [-0.3, -0.25) is 0 Å². The summed E-state index contributed by atoms with van der Waals surface area (Å²) >= 11 is 6.26. The van der Waals surface area contributed by atoms with Crippen molar-refractivity contribution < 1.29 is 14.0 Å². The van der Waals surface area contributed by atoms with Gasteiger partial charge in [-0.25, -0.2) is 0 Å². The van der Waals surface area contributed by atoms with Gasteiger partial charge in [0.1, 0.15) is 0 Å². The van der Waals surface area contributed by atoms with Crippen molar-refractivity contribution in [2.24, 2.45) is 5.73 Å². The number of halogens is 1. The largest absolute Gasteiger partial charge is 0.489 e. The minimum absolute atomic E-state index is 0.428. The second-order valence-electron chi connectivity index (χ2n) is 4.76. The fourth-order valence-corrected chi connectivity index (χ4v) is 2.39. The summed E-state index contributed by atoms with van der Waals surface area (Å²) in [6.07, 6.45) is 1.48. The molecular weight excluding hydrogens is 294 g/mol. The van der Waals surface area contributed by atoms with Crippen LogP contribution in [0.25, 0.3) is 0 Å². The number of nitrogens with zero attached hydrogens (tertiary/aromatic N) is 2. The molecule has 21 heavy (non-hydrogen) atoms. The van der Waals surface area contributed by atoms with Crippen LogP contribution >= 0.6 is 11.6 Å². The molecule has 1 unspecified atom stereocenters. The van der Waals surface area contributed by atoms with Gasteiger partial charge in [-0.15, -0.1) is 0 Å². The number of ether oxygens (including phenoxy) is 2. The van der Waals surface area contributed by atoms with Crippen LogP contribution in [0.1, 0.15) is 36.7 Å². The van der Waals surface area contributed by atoms with E-state index in [9.17, 15) is 0 Å². The summed E-state index contributed by atoms with van der Waals surface area (Å²) in [4.78, 5) is 4.25. The number of aromatic nitrogens is 2. The molecule has 0 bridgehead atoms. The molecule has 1 aliphatic rings. The Morgan fingerprint density at radius 3 is 2.90 bits per heavy atom. The van der Waals surface area contributed by atoms with Crippen LogP contribution in [-0.4, -0.2) is 23.4 Å². The molecule has 0 spiro atoms. The van der Waals surface area contributed by atoms with Gasteiger partial charge in [-0.05, 0) is 17.7 Å². The number of hydrogen-bond donors (Lipinski definition) is 1. The Hall–Kier alpha value is -1.79. The van der Waals surface area contributed by atoms with Crippen LogP contribution in [0.3, 0.4) is 0 Å². The molecule has 0 saturated heterocycles. The van der Waals surface area contributed by atoms with Crippen molar-refractivity contribution in [3.8, 4) is 11.5 Å². The van der Waals surface area contributed by atoms with Gasteiger partial charge in [0.25, 0.3) is 0 Å². The summed E-state index contributed by atoms with van der Waals surface area (Å²) in [6, 6.07) is 3.05. The van der Waals surface area contributed by atoms with Crippen molar-refractivity contribution in [3.05, 3.63) is 34.4 Å². The van der Waals surface area contributed by atoms with Crippen LogP contribution in [0.5, 0.6) is 11.5 Å². The van der Waals surface area contributed by atoms with Crippen LogP contribution in [0, 0.1) is 0 Å². The molecule has 1 aliphatic heterocycles. The van der Waals surface area contributed by atoms with E-state index >= 15 is 0 Å². The highest BCUT2D eigenvalue weighted by Crippen LogP contribution is 2.39. The van der Waals surface area contributed by atoms with Crippen LogP contribution in [-0.2, 0) is 6.42 Å². The first-order valence-electron chi connectivity index (χ1n) is 6.86. The van der Waals surface area contributed by atoms with Crippen molar-refractivity contribution in [1.82, 2.24) is 10.1 Å². The first-order chi connectivity index (χ1) is 10.2. The third-order valence-corrected chi connectivity index (χ3v) is 3.53. The lowest BCUT2D eigenvalue weighted by Crippen LogP contribution is -2.14. The van der Waals surface area contributed by atoms with Gasteiger partial charge in [0.2, 0.25) is 5.89 Å². The summed E-state index contributed by atoms with van der Waals surface area (Å²) < 4.78 is 16.3. The highest BCUT2D eigenvalue weighted by Gasteiger charge is 2.21. The molecule has 1 aromatic heterocycles. The standard InChI is InChI=1S/C14H16ClN3O3/c1-2-11-17-14(18-21-11)12(16)8-6-9(15)13-10(7-8)19-4-3-5-20-13/h6-7,12H,2-5,16H2,1H3. The summed E-state index contributed by atoms with van der Waals surface area (Å²) in [7, 11) is 0. The molecular formula is C14H16ClN3O3. The predicted octanol–water partition coefficient (Wildman–Crippen LogP) is 2.49. The van der Waals surface area contributed by atoms with Crippen molar-refractivity contribution in [1.29, 1.82) is 0 Å². The number of benzene rings is 1. The molecule has 2 N–H and O–H groups in total. The van der Waals surface area contributed by atoms with Crippen LogP contribution in [0.15, 0.2) is 16.7 Å². The van der Waals surface area contributed by atoms with Crippen LogP contribution in [0.2, 0.25) is 5.02 Å². The normalized spacial score (nSPS) is 15.6. The molecule has 0 fully saturated rings. The number of rotatable bonds is 3. The quantitative estimate of drug-likeness (QED) is 0.938. The fraction of sp³-hybridized carbons (Fsp3) is 0.429. The first kappa shape index (κ1) is 14.2. The molecule has 112 valence electrons. The highest BCUT2D eigenvalue weighted by atomic mass is 35.5. The summed E-state index contributed by atoms with van der Waals surface area (Å²) in [6.45, 7) is 3.11. The number of nitrogens with two attached hydrogens (primary N) is 1. The van der Waals surface area contributed by atoms with Gasteiger partial charge in [-0.2, -0.15) is 4.98 Å². The minimum Gasteiger partial charge on any atom is -0.489 e. The zero-order chi connectivity index (χ0) is 14.8. The Balaban J connectivity index is 1.94. The summed E-state index contributed by atoms with van der Waals surface area (Å²) in [5.74, 6) is 2.15. The lowest BCUT2D eigenvalue weighted by Gasteiger charge is -2.14. The molecule has 7 heteroatoms. The molecule has 1 atom stereocenters. The Morgan fingerprint density at radius 2 is 2.14 bits per heavy atom. The van der Waals surface area contributed by atoms with E-state index in [-0.39, 0.29) is 0 Å². The Kier molecular flexibility index (Phi) is 3.98. The van der Waals surface area contributed by atoms with E-state index in [4.69, 9.17) is 31.3 Å². The Bertz CT molecular complexity index is 644. The van der Waals surface area contributed by atoms with E-state index < -0.39 is 6.04 Å². The number of hydrogen-bond acceptors (Lipinski definition) is 6. The van der Waals surface area contributed by atoms with Gasteiger partial charge < -0.3 is 19.7 Å². The third kappa shape index (κ3) is 2.82. The zero-order valence-electron chi connectivity index (χ0n) is 11.6. The molecule has 0 aliphatic carbocycles. The smallest absolute Gasteiger partial charge is 0.226 e. The molecule has 6 nitrogen and oxygen atoms in total. The minimum atomic E-state index is -0.524. The van der Waals surface area contributed by atoms with Crippen LogP contribution < -0.4 is 15.2 Å². The Morgan fingerprint density at radius 1 is 1.33 bits per heavy atom. The second-order valence-corrected chi connectivity index (χ2v) is 5.17. The molecule has 0 saturated carbocycles. The highest BCUT2D eigenvalue weighted by molar-refractivity contribution is 6.32. The third-order valence-electron chi connectivity index (χ3n) is 3.25. The fourth-order valence-electron chi connectivity index (χ4n) is 2.12. The summed E-state index contributed by atoms with van der Waals surface area (Å²) in [5.41, 5.74) is 6.94. The lowest BCUT2D eigenvalue weighted by atomic mass is 10.1. The zero-order valence-corrected chi connectivity index (χ0v) is 12.4. The average Bonchev–Trinajstić information content (AvgIpc) is 2.84. The van der Waals surface area contributed by atoms with Crippen molar-refractivity contribution in [2.75, 3.05) is 13.2 Å². The van der Waals surface area contributed by atoms with E-state index in [1.165, 1.54) is 0 Å².